The number of ketones is 1. The maximum absolute atomic E-state index is 13.3. The summed E-state index contributed by atoms with van der Waals surface area (Å²) in [5.74, 6) is -1.36. The second kappa shape index (κ2) is 9.62. The van der Waals surface area contributed by atoms with Gasteiger partial charge in [0.1, 0.15) is 5.75 Å². The van der Waals surface area contributed by atoms with E-state index in [9.17, 15) is 23.1 Å². The van der Waals surface area contributed by atoms with Gasteiger partial charge in [-0.3, -0.25) is 9.52 Å². The number of hydrogen-bond donors (Lipinski definition) is 2. The number of nitrogens with zero attached hydrogens (tertiary/aromatic N) is 1. The number of ether oxygens (including phenoxy) is 1. The minimum atomic E-state index is -4.01. The number of hydrogen-bond acceptors (Lipinski definition) is 7. The number of sulfonamides is 1. The fourth-order valence-corrected chi connectivity index (χ4v) is 4.65. The fraction of sp³-hybridized carbons (Fsp3) is 0.185. The lowest BCUT2D eigenvalue weighted by atomic mass is 9.98. The van der Waals surface area contributed by atoms with Crippen molar-refractivity contribution in [3.8, 4) is 11.6 Å². The van der Waals surface area contributed by atoms with Crippen molar-refractivity contribution < 1.29 is 32.7 Å². The van der Waals surface area contributed by atoms with E-state index >= 15 is 0 Å². The SMILES string of the molecule is COc1cccc(S(=O)(=O)Nc2ccc3c(C(=O)c4ccccc4)c(O)n(OC(=O)C(C)(C)C)c3c2)c1. The molecule has 0 fully saturated rings. The Bertz CT molecular complexity index is 1600. The molecule has 0 radical (unpaired) electrons. The lowest BCUT2D eigenvalue weighted by Crippen LogP contribution is -2.31. The number of methoxy groups -OCH3 is 1. The second-order valence-corrected chi connectivity index (χ2v) is 11.0. The van der Waals surface area contributed by atoms with E-state index in [0.29, 0.717) is 11.3 Å². The van der Waals surface area contributed by atoms with E-state index in [0.717, 1.165) is 4.73 Å². The molecule has 0 amide bonds. The number of rotatable bonds is 7. The highest BCUT2D eigenvalue weighted by atomic mass is 32.2. The molecule has 0 saturated carbocycles. The standard InChI is InChI=1S/C27H26N2O7S/c1-27(2,3)26(32)36-29-22-15-18(28-37(33,34)20-12-8-11-19(16-20)35-4)13-14-21(22)23(25(29)31)24(30)17-9-6-5-7-10-17/h5-16,28,31H,1-4H3. The Hall–Kier alpha value is -4.31. The summed E-state index contributed by atoms with van der Waals surface area (Å²) in [6, 6.07) is 18.6. The number of nitrogens with one attached hydrogen (secondary N) is 1. The zero-order chi connectivity index (χ0) is 27.0. The van der Waals surface area contributed by atoms with Gasteiger partial charge in [0.25, 0.3) is 10.0 Å². The van der Waals surface area contributed by atoms with E-state index in [2.05, 4.69) is 4.72 Å². The average Bonchev–Trinajstić information content (AvgIpc) is 3.13. The Kier molecular flexibility index (Phi) is 6.70. The minimum Gasteiger partial charge on any atom is -0.497 e. The highest BCUT2D eigenvalue weighted by Crippen LogP contribution is 2.35. The minimum absolute atomic E-state index is 0.0238. The molecule has 0 aliphatic carbocycles. The zero-order valence-electron chi connectivity index (χ0n) is 20.7. The molecule has 0 bridgehead atoms. The van der Waals surface area contributed by atoms with Crippen LogP contribution in [-0.2, 0) is 14.8 Å². The lowest BCUT2D eigenvalue weighted by Gasteiger charge is -2.17. The highest BCUT2D eigenvalue weighted by Gasteiger charge is 2.30. The number of carbonyl (C=O) groups excluding carboxylic acids is 2. The third-order valence-corrected chi connectivity index (χ3v) is 6.93. The smallest absolute Gasteiger partial charge is 0.338 e. The molecular formula is C27H26N2O7S. The van der Waals surface area contributed by atoms with Gasteiger partial charge in [0.2, 0.25) is 5.88 Å². The van der Waals surface area contributed by atoms with Crippen LogP contribution >= 0.6 is 0 Å². The van der Waals surface area contributed by atoms with E-state index < -0.39 is 33.1 Å². The average molecular weight is 523 g/mol. The molecular weight excluding hydrogens is 496 g/mol. The summed E-state index contributed by atoms with van der Waals surface area (Å²) in [4.78, 5) is 31.4. The van der Waals surface area contributed by atoms with Crippen LogP contribution in [0.1, 0.15) is 36.7 Å². The van der Waals surface area contributed by atoms with Gasteiger partial charge < -0.3 is 14.7 Å². The van der Waals surface area contributed by atoms with Crippen molar-refractivity contribution in [2.45, 2.75) is 25.7 Å². The van der Waals surface area contributed by atoms with Crippen LogP contribution in [-0.4, -0.2) is 37.1 Å². The van der Waals surface area contributed by atoms with Gasteiger partial charge in [-0.2, -0.15) is 0 Å². The molecule has 9 nitrogen and oxygen atoms in total. The van der Waals surface area contributed by atoms with Crippen molar-refractivity contribution in [2.24, 2.45) is 5.41 Å². The summed E-state index contributed by atoms with van der Waals surface area (Å²) < 4.78 is 34.4. The maximum Gasteiger partial charge on any atom is 0.338 e. The Labute approximate surface area is 214 Å². The quantitative estimate of drug-likeness (QED) is 0.345. The van der Waals surface area contributed by atoms with Gasteiger partial charge >= 0.3 is 5.97 Å². The summed E-state index contributed by atoms with van der Waals surface area (Å²) in [5.41, 5.74) is -0.426. The number of aromatic hydroxyl groups is 1. The van der Waals surface area contributed by atoms with Gasteiger partial charge in [-0.15, -0.1) is 4.73 Å². The Morgan fingerprint density at radius 2 is 1.65 bits per heavy atom. The van der Waals surface area contributed by atoms with Crippen molar-refractivity contribution in [1.29, 1.82) is 0 Å². The summed E-state index contributed by atoms with van der Waals surface area (Å²) >= 11 is 0. The normalized spacial score (nSPS) is 11.8. The van der Waals surface area contributed by atoms with Crippen LogP contribution in [0, 0.1) is 5.41 Å². The maximum atomic E-state index is 13.3. The summed E-state index contributed by atoms with van der Waals surface area (Å²) in [5, 5.41) is 11.3. The van der Waals surface area contributed by atoms with Gasteiger partial charge in [-0.05, 0) is 51.1 Å². The largest absolute Gasteiger partial charge is 0.497 e. The van der Waals surface area contributed by atoms with Crippen molar-refractivity contribution >= 4 is 38.4 Å². The molecule has 0 aliphatic rings. The van der Waals surface area contributed by atoms with Gasteiger partial charge in [-0.25, -0.2) is 13.2 Å². The Morgan fingerprint density at radius 3 is 2.30 bits per heavy atom. The first-order valence-electron chi connectivity index (χ1n) is 11.3. The van der Waals surface area contributed by atoms with Crippen LogP contribution in [0.2, 0.25) is 0 Å². The van der Waals surface area contributed by atoms with Crippen LogP contribution in [0.15, 0.2) is 77.7 Å². The summed E-state index contributed by atoms with van der Waals surface area (Å²) in [6.07, 6.45) is 0. The van der Waals surface area contributed by atoms with Crippen molar-refractivity contribution in [2.75, 3.05) is 11.8 Å². The van der Waals surface area contributed by atoms with E-state index in [1.165, 1.54) is 37.4 Å². The third-order valence-electron chi connectivity index (χ3n) is 5.56. The van der Waals surface area contributed by atoms with Crippen LogP contribution in [0.25, 0.3) is 10.9 Å². The second-order valence-electron chi connectivity index (χ2n) is 9.33. The molecule has 4 aromatic rings. The van der Waals surface area contributed by atoms with Crippen LogP contribution in [0.5, 0.6) is 11.6 Å². The van der Waals surface area contributed by atoms with Gasteiger partial charge in [0, 0.05) is 17.0 Å². The number of anilines is 1. The highest BCUT2D eigenvalue weighted by molar-refractivity contribution is 7.92. The monoisotopic (exact) mass is 522 g/mol. The third kappa shape index (κ3) is 5.14. The van der Waals surface area contributed by atoms with Crippen molar-refractivity contribution in [3.05, 3.63) is 83.9 Å². The van der Waals surface area contributed by atoms with Gasteiger partial charge in [0.05, 0.1) is 34.2 Å². The number of carbonyl (C=O) groups is 2. The first-order valence-corrected chi connectivity index (χ1v) is 12.8. The molecule has 2 N–H and O–H groups in total. The van der Waals surface area contributed by atoms with E-state index in [1.54, 1.807) is 63.2 Å². The van der Waals surface area contributed by atoms with E-state index in [4.69, 9.17) is 9.57 Å². The molecule has 3 aromatic carbocycles. The summed E-state index contributed by atoms with van der Waals surface area (Å²) in [6.45, 7) is 4.92. The molecule has 10 heteroatoms. The Morgan fingerprint density at radius 1 is 0.946 bits per heavy atom. The molecule has 4 rings (SSSR count). The molecule has 192 valence electrons. The Balaban J connectivity index is 1.83. The zero-order valence-corrected chi connectivity index (χ0v) is 21.5. The van der Waals surface area contributed by atoms with Crippen LogP contribution in [0.4, 0.5) is 5.69 Å². The first-order chi connectivity index (χ1) is 17.4. The summed E-state index contributed by atoms with van der Waals surface area (Å²) in [7, 11) is -2.58. The van der Waals surface area contributed by atoms with E-state index in [-0.39, 0.29) is 27.0 Å². The predicted molar refractivity (Wildman–Crippen MR) is 138 cm³/mol. The molecule has 1 aromatic heterocycles. The van der Waals surface area contributed by atoms with Crippen LogP contribution in [0.3, 0.4) is 0 Å². The van der Waals surface area contributed by atoms with Crippen molar-refractivity contribution in [1.82, 2.24) is 4.73 Å². The molecule has 0 saturated heterocycles. The molecule has 0 spiro atoms. The molecule has 1 heterocycles. The van der Waals surface area contributed by atoms with Crippen molar-refractivity contribution in [3.63, 3.8) is 0 Å². The number of fused-ring (bicyclic) bond motifs is 1. The number of aromatic nitrogens is 1. The molecule has 0 unspecified atom stereocenters. The fourth-order valence-electron chi connectivity index (χ4n) is 3.56. The molecule has 0 atom stereocenters. The topological polar surface area (TPSA) is 124 Å². The lowest BCUT2D eigenvalue weighted by molar-refractivity contribution is -0.153. The first kappa shape index (κ1) is 25.8. The molecule has 0 aliphatic heterocycles. The number of benzene rings is 3. The van der Waals surface area contributed by atoms with Gasteiger partial charge in [-0.1, -0.05) is 36.4 Å². The predicted octanol–water partition coefficient (Wildman–Crippen LogP) is 4.39. The van der Waals surface area contributed by atoms with Gasteiger partial charge in [0.15, 0.2) is 5.78 Å². The van der Waals surface area contributed by atoms with Crippen LogP contribution < -0.4 is 14.3 Å². The molecule has 37 heavy (non-hydrogen) atoms. The van der Waals surface area contributed by atoms with E-state index in [1.807, 2.05) is 0 Å².